The molecular weight excluding hydrogens is 232 g/mol. The predicted molar refractivity (Wildman–Crippen MR) is 83.5 cm³/mol. The summed E-state index contributed by atoms with van der Waals surface area (Å²) in [4.78, 5) is 0. The van der Waals surface area contributed by atoms with Gasteiger partial charge < -0.3 is 10.6 Å². The number of nitrogens with one attached hydrogen (secondary N) is 2. The first-order valence-corrected chi connectivity index (χ1v) is 8.84. The van der Waals surface area contributed by atoms with Crippen molar-refractivity contribution in [3.05, 3.63) is 0 Å². The topological polar surface area (TPSA) is 24.1 Å². The van der Waals surface area contributed by atoms with Gasteiger partial charge in [0, 0.05) is 18.1 Å². The second kappa shape index (κ2) is 8.26. The van der Waals surface area contributed by atoms with Crippen molar-refractivity contribution in [3.8, 4) is 0 Å². The van der Waals surface area contributed by atoms with E-state index in [0.717, 1.165) is 24.0 Å². The molecule has 0 aromatic rings. The van der Waals surface area contributed by atoms with Crippen molar-refractivity contribution in [2.75, 3.05) is 6.54 Å². The van der Waals surface area contributed by atoms with Crippen molar-refractivity contribution < 1.29 is 0 Å². The molecule has 2 aliphatic rings. The van der Waals surface area contributed by atoms with Gasteiger partial charge in [0.2, 0.25) is 0 Å². The van der Waals surface area contributed by atoms with Crippen LogP contribution in [0.4, 0.5) is 0 Å². The Hall–Kier alpha value is -0.0800. The molecule has 0 radical (unpaired) electrons. The fourth-order valence-corrected chi connectivity index (χ4v) is 4.15. The zero-order valence-electron chi connectivity index (χ0n) is 13.1. The molecule has 112 valence electrons. The van der Waals surface area contributed by atoms with Crippen LogP contribution in [-0.2, 0) is 0 Å². The van der Waals surface area contributed by atoms with Gasteiger partial charge in [0.15, 0.2) is 0 Å². The quantitative estimate of drug-likeness (QED) is 0.763. The summed E-state index contributed by atoms with van der Waals surface area (Å²) in [6, 6.07) is 2.32. The molecule has 0 amide bonds. The Bertz CT molecular complexity index is 235. The summed E-state index contributed by atoms with van der Waals surface area (Å²) in [6.45, 7) is 5.90. The van der Waals surface area contributed by atoms with Crippen LogP contribution in [0, 0.1) is 5.92 Å². The molecule has 2 nitrogen and oxygen atoms in total. The average Bonchev–Trinajstić information content (AvgIpc) is 2.48. The molecule has 1 aliphatic carbocycles. The van der Waals surface area contributed by atoms with Gasteiger partial charge in [-0.15, -0.1) is 0 Å². The standard InChI is InChI=1S/C17H34N2/c1-3-9-14(4-2)19-17-12-6-5-10-15(17)16-11-7-8-13-18-16/h14-19H,3-13H2,1-2H3. The summed E-state index contributed by atoms with van der Waals surface area (Å²) in [5, 5.41) is 7.82. The van der Waals surface area contributed by atoms with Crippen LogP contribution in [-0.4, -0.2) is 24.7 Å². The molecule has 0 aromatic heterocycles. The molecule has 0 aromatic carbocycles. The van der Waals surface area contributed by atoms with Crippen molar-refractivity contribution in [1.82, 2.24) is 10.6 Å². The molecule has 0 bridgehead atoms. The zero-order chi connectivity index (χ0) is 13.5. The van der Waals surface area contributed by atoms with Crippen LogP contribution in [0.1, 0.15) is 78.1 Å². The summed E-state index contributed by atoms with van der Waals surface area (Å²) in [6.07, 6.45) is 13.9. The normalized spacial score (nSPS) is 34.1. The maximum atomic E-state index is 4.01. The predicted octanol–water partition coefficient (Wildman–Crippen LogP) is 3.86. The summed E-state index contributed by atoms with van der Waals surface area (Å²) in [5.41, 5.74) is 0. The molecule has 1 saturated carbocycles. The van der Waals surface area contributed by atoms with Crippen LogP contribution in [0.25, 0.3) is 0 Å². The maximum Gasteiger partial charge on any atom is 0.0113 e. The molecule has 2 rings (SSSR count). The first kappa shape index (κ1) is 15.3. The molecule has 2 fully saturated rings. The Kier molecular flexibility index (Phi) is 6.66. The van der Waals surface area contributed by atoms with Gasteiger partial charge in [-0.05, 0) is 51.0 Å². The van der Waals surface area contributed by atoms with Gasteiger partial charge in [-0.25, -0.2) is 0 Å². The van der Waals surface area contributed by atoms with Gasteiger partial charge in [-0.2, -0.15) is 0 Å². The number of hydrogen-bond donors (Lipinski definition) is 2. The van der Waals surface area contributed by atoms with E-state index in [-0.39, 0.29) is 0 Å². The van der Waals surface area contributed by atoms with Crippen LogP contribution in [0.15, 0.2) is 0 Å². The first-order chi connectivity index (χ1) is 9.35. The van der Waals surface area contributed by atoms with Crippen LogP contribution in [0.2, 0.25) is 0 Å². The van der Waals surface area contributed by atoms with E-state index in [2.05, 4.69) is 24.5 Å². The highest BCUT2D eigenvalue weighted by molar-refractivity contribution is 4.91. The van der Waals surface area contributed by atoms with Gasteiger partial charge in [0.1, 0.15) is 0 Å². The Morgan fingerprint density at radius 2 is 1.84 bits per heavy atom. The molecular formula is C17H34N2. The minimum absolute atomic E-state index is 0.749. The number of rotatable bonds is 6. The van der Waals surface area contributed by atoms with Crippen molar-refractivity contribution in [2.24, 2.45) is 5.92 Å². The fraction of sp³-hybridized carbons (Fsp3) is 1.00. The Balaban J connectivity index is 1.90. The average molecular weight is 266 g/mol. The second-order valence-electron chi connectivity index (χ2n) is 6.67. The first-order valence-electron chi connectivity index (χ1n) is 8.84. The lowest BCUT2D eigenvalue weighted by Crippen LogP contribution is -2.52. The SMILES string of the molecule is CCCC(CC)NC1CCCCC1C1CCCCN1. The molecule has 0 spiro atoms. The van der Waals surface area contributed by atoms with Crippen molar-refractivity contribution >= 4 is 0 Å². The minimum Gasteiger partial charge on any atom is -0.314 e. The molecule has 4 unspecified atom stereocenters. The molecule has 4 atom stereocenters. The highest BCUT2D eigenvalue weighted by atomic mass is 15.0. The summed E-state index contributed by atoms with van der Waals surface area (Å²) >= 11 is 0. The van der Waals surface area contributed by atoms with Crippen molar-refractivity contribution in [1.29, 1.82) is 0 Å². The lowest BCUT2D eigenvalue weighted by molar-refractivity contribution is 0.169. The third kappa shape index (κ3) is 4.46. The van der Waals surface area contributed by atoms with Gasteiger partial charge >= 0.3 is 0 Å². The third-order valence-corrected chi connectivity index (χ3v) is 5.26. The van der Waals surface area contributed by atoms with Crippen LogP contribution in [0.5, 0.6) is 0 Å². The second-order valence-corrected chi connectivity index (χ2v) is 6.67. The highest BCUT2D eigenvalue weighted by Crippen LogP contribution is 2.31. The van der Waals surface area contributed by atoms with Gasteiger partial charge in [0.25, 0.3) is 0 Å². The maximum absolute atomic E-state index is 4.01. The van der Waals surface area contributed by atoms with E-state index in [1.807, 2.05) is 0 Å². The van der Waals surface area contributed by atoms with Crippen LogP contribution >= 0.6 is 0 Å². The van der Waals surface area contributed by atoms with Crippen LogP contribution < -0.4 is 10.6 Å². The van der Waals surface area contributed by atoms with E-state index in [4.69, 9.17) is 0 Å². The van der Waals surface area contributed by atoms with E-state index in [1.54, 1.807) is 0 Å². The third-order valence-electron chi connectivity index (χ3n) is 5.26. The minimum atomic E-state index is 0.749. The monoisotopic (exact) mass is 266 g/mol. The smallest absolute Gasteiger partial charge is 0.0113 e. The number of piperidine rings is 1. The zero-order valence-corrected chi connectivity index (χ0v) is 13.1. The van der Waals surface area contributed by atoms with E-state index in [1.165, 1.54) is 70.8 Å². The Labute approximate surface area is 120 Å². The van der Waals surface area contributed by atoms with Gasteiger partial charge in [-0.1, -0.05) is 39.5 Å². The number of hydrogen-bond acceptors (Lipinski definition) is 2. The van der Waals surface area contributed by atoms with E-state index < -0.39 is 0 Å². The molecule has 19 heavy (non-hydrogen) atoms. The van der Waals surface area contributed by atoms with E-state index >= 15 is 0 Å². The molecule has 2 N–H and O–H groups in total. The van der Waals surface area contributed by atoms with E-state index in [0.29, 0.717) is 0 Å². The largest absolute Gasteiger partial charge is 0.314 e. The summed E-state index contributed by atoms with van der Waals surface area (Å²) in [5.74, 6) is 0.889. The molecule has 2 heteroatoms. The van der Waals surface area contributed by atoms with Gasteiger partial charge in [0.05, 0.1) is 0 Å². The van der Waals surface area contributed by atoms with Crippen molar-refractivity contribution in [3.63, 3.8) is 0 Å². The fourth-order valence-electron chi connectivity index (χ4n) is 4.15. The molecule has 1 heterocycles. The summed E-state index contributed by atoms with van der Waals surface area (Å²) < 4.78 is 0. The lowest BCUT2D eigenvalue weighted by Gasteiger charge is -2.41. The van der Waals surface area contributed by atoms with Crippen LogP contribution in [0.3, 0.4) is 0 Å². The summed E-state index contributed by atoms with van der Waals surface area (Å²) in [7, 11) is 0. The van der Waals surface area contributed by atoms with Crippen molar-refractivity contribution in [2.45, 2.75) is 96.2 Å². The lowest BCUT2D eigenvalue weighted by atomic mass is 9.77. The molecule has 1 saturated heterocycles. The Morgan fingerprint density at radius 3 is 2.53 bits per heavy atom. The molecule has 1 aliphatic heterocycles. The van der Waals surface area contributed by atoms with E-state index in [9.17, 15) is 0 Å². The van der Waals surface area contributed by atoms with Gasteiger partial charge in [-0.3, -0.25) is 0 Å². The Morgan fingerprint density at radius 1 is 1.05 bits per heavy atom. The highest BCUT2D eigenvalue weighted by Gasteiger charge is 2.33.